The van der Waals surface area contributed by atoms with E-state index in [1.165, 1.54) is 0 Å². The van der Waals surface area contributed by atoms with Gasteiger partial charge in [-0.3, -0.25) is 19.9 Å². The van der Waals surface area contributed by atoms with Crippen molar-refractivity contribution in [3.05, 3.63) is 239 Å². The molecule has 470 valence electrons. The lowest BCUT2D eigenvalue weighted by atomic mass is 10.2. The molecule has 94 heavy (non-hydrogen) atoms. The predicted octanol–water partition coefficient (Wildman–Crippen LogP) is 9.41. The molecule has 0 aliphatic rings. The minimum absolute atomic E-state index is 0.00948. The van der Waals surface area contributed by atoms with E-state index in [0.717, 1.165) is 27.9 Å². The molecule has 25 heteroatoms. The Morgan fingerprint density at radius 3 is 1.15 bits per heavy atom. The molecule has 11 aromatic rings. The number of hydrogen-bond donors (Lipinski definition) is 5. The van der Waals surface area contributed by atoms with Gasteiger partial charge in [0.2, 0.25) is 35.1 Å². The van der Waals surface area contributed by atoms with Crippen molar-refractivity contribution < 1.29 is 28.3 Å². The number of nitrogens with two attached hydrogens (primary N) is 2. The highest BCUT2D eigenvalue weighted by molar-refractivity contribution is 5.95. The van der Waals surface area contributed by atoms with Crippen LogP contribution in [0.15, 0.2) is 190 Å². The number of oxime groups is 1. The molecule has 25 nitrogen and oxygen atoms in total. The Balaban J connectivity index is 0.000000163. The van der Waals surface area contributed by atoms with Crippen LogP contribution in [-0.4, -0.2) is 99.1 Å². The van der Waals surface area contributed by atoms with Gasteiger partial charge in [0.25, 0.3) is 0 Å². The number of amidine groups is 1. The second-order valence-corrected chi connectivity index (χ2v) is 21.1. The Morgan fingerprint density at radius 1 is 0.489 bits per heavy atom. The average Bonchev–Trinajstić information content (AvgIpc) is 1.98. The minimum atomic E-state index is -0.588. The van der Waals surface area contributed by atoms with E-state index in [1.807, 2.05) is 104 Å². The summed E-state index contributed by atoms with van der Waals surface area (Å²) in [5.74, 6) is 26.2. The fraction of sp³-hybridized carbons (Fsp3) is 0.188. The lowest BCUT2D eigenvalue weighted by Gasteiger charge is -2.20. The van der Waals surface area contributed by atoms with Gasteiger partial charge in [-0.15, -0.1) is 0 Å². The highest BCUT2D eigenvalue weighted by Crippen LogP contribution is 2.21. The van der Waals surface area contributed by atoms with Crippen LogP contribution in [0.2, 0.25) is 0 Å². The van der Waals surface area contributed by atoms with Gasteiger partial charge in [-0.25, -0.2) is 24.7 Å². The quantitative estimate of drug-likeness (QED) is 0.0280. The normalized spacial score (nSPS) is 11.5. The molecular formula is C69H63N19O6. The van der Waals surface area contributed by atoms with Gasteiger partial charge < -0.3 is 45.6 Å². The molecule has 11 rings (SSSR count). The first-order valence-electron chi connectivity index (χ1n) is 29.0. The van der Waals surface area contributed by atoms with Crippen molar-refractivity contribution in [2.45, 2.75) is 85.2 Å². The lowest BCUT2D eigenvalue weighted by molar-refractivity contribution is 0.0499. The van der Waals surface area contributed by atoms with Crippen LogP contribution < -0.4 is 22.1 Å². The summed E-state index contributed by atoms with van der Waals surface area (Å²) in [7, 11) is 0. The summed E-state index contributed by atoms with van der Waals surface area (Å²) in [5.41, 5.74) is 18.6. The third-order valence-corrected chi connectivity index (χ3v) is 11.9. The van der Waals surface area contributed by atoms with Crippen LogP contribution in [0.3, 0.4) is 0 Å². The molecule has 3 atom stereocenters. The number of hydrogen-bond acceptors (Lipinski definition) is 23. The number of ether oxygens (including phenoxy) is 1. The minimum Gasteiger partial charge on any atom is -0.444 e. The van der Waals surface area contributed by atoms with Crippen molar-refractivity contribution in [3.8, 4) is 81.9 Å². The van der Waals surface area contributed by atoms with Crippen LogP contribution in [-0.2, 0) is 4.74 Å². The van der Waals surface area contributed by atoms with Gasteiger partial charge in [0.1, 0.15) is 57.2 Å². The van der Waals surface area contributed by atoms with E-state index in [-0.39, 0.29) is 23.8 Å². The molecule has 0 saturated heterocycles. The molecule has 0 aliphatic heterocycles. The van der Waals surface area contributed by atoms with Crippen LogP contribution in [0, 0.1) is 47.4 Å². The number of aromatic nitrogens is 14. The number of carbonyl (C=O) groups excluding carboxylic acids is 1. The van der Waals surface area contributed by atoms with Crippen molar-refractivity contribution in [1.82, 2.24) is 80.9 Å². The Bertz CT molecular complexity index is 4480. The number of alkyl carbamates (subject to hydrolysis) is 1. The largest absolute Gasteiger partial charge is 0.444 e. The fourth-order valence-electron chi connectivity index (χ4n) is 7.43. The first-order chi connectivity index (χ1) is 45.4. The van der Waals surface area contributed by atoms with E-state index in [0.29, 0.717) is 75.2 Å². The highest BCUT2D eigenvalue weighted by Gasteiger charge is 2.22. The van der Waals surface area contributed by atoms with Crippen LogP contribution in [0.5, 0.6) is 0 Å². The van der Waals surface area contributed by atoms with Gasteiger partial charge in [0.05, 0.1) is 12.1 Å². The smallest absolute Gasteiger partial charge is 0.408 e. The van der Waals surface area contributed by atoms with Gasteiger partial charge in [0.15, 0.2) is 5.84 Å². The molecule has 11 heterocycles. The van der Waals surface area contributed by atoms with E-state index >= 15 is 0 Å². The van der Waals surface area contributed by atoms with Crippen LogP contribution >= 0.6 is 0 Å². The summed E-state index contributed by atoms with van der Waals surface area (Å²) in [4.78, 5) is 58.3. The van der Waals surface area contributed by atoms with E-state index in [4.69, 9.17) is 35.0 Å². The monoisotopic (exact) mass is 1250 g/mol. The maximum absolute atomic E-state index is 11.9. The molecule has 0 fully saturated rings. The number of nitrogens with zero attached hydrogens (tertiary/aromatic N) is 15. The van der Waals surface area contributed by atoms with E-state index in [1.54, 1.807) is 108 Å². The lowest BCUT2D eigenvalue weighted by Crippen LogP contribution is -2.34. The summed E-state index contributed by atoms with van der Waals surface area (Å²) in [5, 5.41) is 29.1. The molecule has 0 saturated carbocycles. The van der Waals surface area contributed by atoms with Gasteiger partial charge in [-0.2, -0.15) is 15.0 Å². The molecule has 0 spiro atoms. The maximum Gasteiger partial charge on any atom is 0.408 e. The summed E-state index contributed by atoms with van der Waals surface area (Å²) >= 11 is 0. The van der Waals surface area contributed by atoms with Gasteiger partial charge in [-0.05, 0) is 162 Å². The zero-order valence-electron chi connectivity index (χ0n) is 52.3. The van der Waals surface area contributed by atoms with Crippen molar-refractivity contribution in [2.24, 2.45) is 16.6 Å². The van der Waals surface area contributed by atoms with Crippen molar-refractivity contribution in [3.63, 3.8) is 0 Å². The van der Waals surface area contributed by atoms with E-state index in [2.05, 4.69) is 147 Å². The molecule has 0 aliphatic carbocycles. The number of amides is 1. The van der Waals surface area contributed by atoms with E-state index < -0.39 is 17.7 Å². The molecule has 0 bridgehead atoms. The first-order valence-corrected chi connectivity index (χ1v) is 29.0. The standard InChI is InChI=1S/C21H21N5O3.C19H19N5O.C16H13N5O.C13H10N4O/c1-14(24-20(27)28-21(2,3)4)19-25-18(26-29-19)17-11-9-15(13-23-17)8-10-16-7-5-6-12-22-16;1-13(2)22-14(3)19-23-18(24-25-19)17-10-8-15(12-21-17)7-9-16-6-4-5-11-20-16;1-11(17)16-20-15(21-22-16)14-8-6-12(10-19-14)5-7-13-4-2-3-9-18-13;14-13(17-18)12-7-5-10(9-16-12)4-6-11-3-1-2-8-15-11/h5-7,9,11-14H,1-4H3,(H,24,27);4-6,8,10-14,22H,1-3H3;2-4,6,8-11H,17H2,1H3;1-3,5,7-9,18H,(H2,14,17). The summed E-state index contributed by atoms with van der Waals surface area (Å²) in [6.07, 6.45) is 12.8. The van der Waals surface area contributed by atoms with Gasteiger partial charge >= 0.3 is 6.09 Å². The SMILES string of the molecule is CC(C)NC(C)c1nc(-c2ccc(C#Cc3ccccn3)cn2)no1.CC(N)c1nc(-c2ccc(C#Cc3ccccn3)cn2)no1.CC(NC(=O)OC(C)(C)C)c1nc(-c2ccc(C#Cc3ccccn3)cn2)no1.N/C(=N\O)c1ccc(C#Cc2ccccn2)cn1. The first kappa shape index (κ1) is 67.3. The molecule has 11 aromatic heterocycles. The van der Waals surface area contributed by atoms with Crippen LogP contribution in [0.1, 0.15) is 142 Å². The number of carbonyl (C=O) groups is 1. The summed E-state index contributed by atoms with van der Waals surface area (Å²) in [6, 6.07) is 36.1. The summed E-state index contributed by atoms with van der Waals surface area (Å²) in [6.45, 7) is 15.0. The number of nitrogens with one attached hydrogen (secondary N) is 2. The Morgan fingerprint density at radius 2 is 0.851 bits per heavy atom. The van der Waals surface area contributed by atoms with Crippen molar-refractivity contribution in [2.75, 3.05) is 0 Å². The molecule has 0 radical (unpaired) electrons. The predicted molar refractivity (Wildman–Crippen MR) is 347 cm³/mol. The Hall–Kier alpha value is -12.7. The maximum atomic E-state index is 11.9. The third kappa shape index (κ3) is 21.8. The zero-order valence-corrected chi connectivity index (χ0v) is 52.3. The average molecular weight is 1250 g/mol. The Kier molecular flexibility index (Phi) is 24.2. The topological polar surface area (TPSA) is 355 Å². The van der Waals surface area contributed by atoms with Crippen molar-refractivity contribution in [1.29, 1.82) is 0 Å². The number of pyridine rings is 8. The van der Waals surface area contributed by atoms with Gasteiger partial charge in [0, 0.05) is 77.9 Å². The van der Waals surface area contributed by atoms with Gasteiger partial charge in [-0.1, -0.05) is 82.4 Å². The molecular weight excluding hydrogens is 1190 g/mol. The van der Waals surface area contributed by atoms with E-state index in [9.17, 15) is 4.79 Å². The highest BCUT2D eigenvalue weighted by atomic mass is 16.6. The number of rotatable bonds is 10. The second kappa shape index (κ2) is 33.8. The molecule has 3 unspecified atom stereocenters. The van der Waals surface area contributed by atoms with Crippen molar-refractivity contribution >= 4 is 11.9 Å². The molecule has 7 N–H and O–H groups in total. The third-order valence-electron chi connectivity index (χ3n) is 11.9. The Labute approximate surface area is 541 Å². The second-order valence-electron chi connectivity index (χ2n) is 21.1. The van der Waals surface area contributed by atoms with Crippen LogP contribution in [0.4, 0.5) is 4.79 Å². The molecule has 1 amide bonds. The molecule has 0 aromatic carbocycles. The summed E-state index contributed by atoms with van der Waals surface area (Å²) < 4.78 is 20.8. The zero-order chi connectivity index (χ0) is 66.7. The van der Waals surface area contributed by atoms with Crippen LogP contribution in [0.25, 0.3) is 34.6 Å². The fourth-order valence-corrected chi connectivity index (χ4v) is 7.43.